The first-order valence-corrected chi connectivity index (χ1v) is 5.53. The van der Waals surface area contributed by atoms with Crippen molar-refractivity contribution in [2.45, 2.75) is 6.04 Å². The zero-order valence-corrected chi connectivity index (χ0v) is 10.9. The van der Waals surface area contributed by atoms with Crippen LogP contribution < -0.4 is 10.2 Å². The molecule has 1 fully saturated rings. The van der Waals surface area contributed by atoms with Gasteiger partial charge in [-0.05, 0) is 24.3 Å². The molecule has 100 valence electrons. The van der Waals surface area contributed by atoms with Crippen molar-refractivity contribution in [3.05, 3.63) is 30.1 Å². The van der Waals surface area contributed by atoms with Gasteiger partial charge in [-0.1, -0.05) is 0 Å². The van der Waals surface area contributed by atoms with Crippen LogP contribution in [0.4, 0.5) is 10.1 Å². The summed E-state index contributed by atoms with van der Waals surface area (Å²) in [7, 11) is 1.67. The summed E-state index contributed by atoms with van der Waals surface area (Å²) in [6.07, 6.45) is 0. The van der Waals surface area contributed by atoms with E-state index in [-0.39, 0.29) is 30.2 Å². The predicted molar refractivity (Wildman–Crippen MR) is 69.7 cm³/mol. The van der Waals surface area contributed by atoms with E-state index in [2.05, 4.69) is 5.32 Å². The average molecular weight is 275 g/mol. The number of likely N-dealkylation sites (N-methyl/N-ethyl adjacent to an activating group) is 1. The monoisotopic (exact) mass is 274 g/mol. The van der Waals surface area contributed by atoms with Gasteiger partial charge >= 0.3 is 0 Å². The number of carbonyl (C=O) groups excluding carboxylic acids is 1. The molecule has 1 N–H and O–H groups in total. The molecule has 1 heterocycles. The van der Waals surface area contributed by atoms with Gasteiger partial charge < -0.3 is 15.0 Å². The van der Waals surface area contributed by atoms with Crippen LogP contribution in [0.15, 0.2) is 24.3 Å². The summed E-state index contributed by atoms with van der Waals surface area (Å²) in [6, 6.07) is 5.51. The first-order chi connectivity index (χ1) is 8.18. The van der Waals surface area contributed by atoms with Crippen molar-refractivity contribution < 1.29 is 13.9 Å². The summed E-state index contributed by atoms with van der Waals surface area (Å²) in [5.74, 6) is -0.384. The molecule has 4 nitrogen and oxygen atoms in total. The molecule has 18 heavy (non-hydrogen) atoms. The SMILES string of the molecule is CN(C(=O)C1COCCN1)c1ccc(F)cc1.Cl. The molecule has 0 radical (unpaired) electrons. The van der Waals surface area contributed by atoms with Crippen LogP contribution in [0.1, 0.15) is 0 Å². The topological polar surface area (TPSA) is 41.6 Å². The number of benzene rings is 1. The highest BCUT2D eigenvalue weighted by molar-refractivity contribution is 5.96. The van der Waals surface area contributed by atoms with E-state index >= 15 is 0 Å². The van der Waals surface area contributed by atoms with Gasteiger partial charge in [0.05, 0.1) is 13.2 Å². The molecule has 6 heteroatoms. The summed E-state index contributed by atoms with van der Waals surface area (Å²) >= 11 is 0. The van der Waals surface area contributed by atoms with Crippen molar-refractivity contribution in [2.75, 3.05) is 31.7 Å². The standard InChI is InChI=1S/C12H15FN2O2.ClH/c1-15(10-4-2-9(13)3-5-10)12(16)11-8-17-7-6-14-11;/h2-5,11,14H,6-8H2,1H3;1H. The average Bonchev–Trinajstić information content (AvgIpc) is 2.39. The Kier molecular flexibility index (Phi) is 5.53. The van der Waals surface area contributed by atoms with Crippen LogP contribution in [0, 0.1) is 5.82 Å². The second-order valence-corrected chi connectivity index (χ2v) is 3.96. The van der Waals surface area contributed by atoms with E-state index in [4.69, 9.17) is 4.74 Å². The summed E-state index contributed by atoms with van der Waals surface area (Å²) in [4.78, 5) is 13.6. The van der Waals surface area contributed by atoms with Gasteiger partial charge in [0.2, 0.25) is 5.91 Å². The Morgan fingerprint density at radius 3 is 2.67 bits per heavy atom. The number of carbonyl (C=O) groups is 1. The zero-order valence-electron chi connectivity index (χ0n) is 10.1. The maximum atomic E-state index is 12.8. The summed E-state index contributed by atoms with van der Waals surface area (Å²) in [6.45, 7) is 1.68. The highest BCUT2D eigenvalue weighted by Gasteiger charge is 2.24. The van der Waals surface area contributed by atoms with Gasteiger partial charge in [-0.3, -0.25) is 4.79 Å². The summed E-state index contributed by atoms with van der Waals surface area (Å²) in [5.41, 5.74) is 0.670. The lowest BCUT2D eigenvalue weighted by atomic mass is 10.2. The number of hydrogen-bond acceptors (Lipinski definition) is 3. The Labute approximate surface area is 112 Å². The molecule has 0 bridgehead atoms. The van der Waals surface area contributed by atoms with Crippen molar-refractivity contribution in [2.24, 2.45) is 0 Å². The van der Waals surface area contributed by atoms with Gasteiger partial charge in [0.25, 0.3) is 0 Å². The Morgan fingerprint density at radius 2 is 2.11 bits per heavy atom. The van der Waals surface area contributed by atoms with Gasteiger partial charge in [-0.25, -0.2) is 4.39 Å². The van der Waals surface area contributed by atoms with Gasteiger partial charge in [0.1, 0.15) is 11.9 Å². The number of nitrogens with one attached hydrogen (secondary N) is 1. The second-order valence-electron chi connectivity index (χ2n) is 3.96. The van der Waals surface area contributed by atoms with Crippen molar-refractivity contribution in [1.82, 2.24) is 5.32 Å². The lowest BCUT2D eigenvalue weighted by Gasteiger charge is -2.27. The Balaban J connectivity index is 0.00000162. The zero-order chi connectivity index (χ0) is 12.3. The fraction of sp³-hybridized carbons (Fsp3) is 0.417. The molecule has 0 saturated carbocycles. The fourth-order valence-electron chi connectivity index (χ4n) is 1.75. The molecule has 1 unspecified atom stereocenters. The van der Waals surface area contributed by atoms with E-state index in [9.17, 15) is 9.18 Å². The number of nitrogens with zero attached hydrogens (tertiary/aromatic N) is 1. The number of rotatable bonds is 2. The number of halogens is 2. The van der Waals surface area contributed by atoms with Crippen molar-refractivity contribution in [3.8, 4) is 0 Å². The van der Waals surface area contributed by atoms with Gasteiger partial charge in [-0.2, -0.15) is 0 Å². The van der Waals surface area contributed by atoms with Crippen LogP contribution in [-0.2, 0) is 9.53 Å². The number of hydrogen-bond donors (Lipinski definition) is 1. The van der Waals surface area contributed by atoms with E-state index in [0.29, 0.717) is 25.4 Å². The molecule has 0 spiro atoms. The van der Waals surface area contributed by atoms with E-state index in [1.54, 1.807) is 19.2 Å². The molecule has 1 amide bonds. The molecule has 1 aromatic carbocycles. The van der Waals surface area contributed by atoms with Crippen LogP contribution in [0.25, 0.3) is 0 Å². The van der Waals surface area contributed by atoms with Gasteiger partial charge in [-0.15, -0.1) is 12.4 Å². The lowest BCUT2D eigenvalue weighted by molar-refractivity contribution is -0.123. The van der Waals surface area contributed by atoms with Crippen LogP contribution in [0.3, 0.4) is 0 Å². The van der Waals surface area contributed by atoms with Crippen LogP contribution >= 0.6 is 12.4 Å². The Bertz CT molecular complexity index is 394. The van der Waals surface area contributed by atoms with Crippen LogP contribution in [0.2, 0.25) is 0 Å². The van der Waals surface area contributed by atoms with Crippen molar-refractivity contribution in [1.29, 1.82) is 0 Å². The molecular formula is C12H16ClFN2O2. The summed E-state index contributed by atoms with van der Waals surface area (Å²) in [5, 5.41) is 3.09. The minimum absolute atomic E-state index is 0. The molecule has 1 aliphatic rings. The Hall–Kier alpha value is -1.17. The molecule has 0 aliphatic carbocycles. The van der Waals surface area contributed by atoms with E-state index in [1.807, 2.05) is 0 Å². The second kappa shape index (κ2) is 6.68. The predicted octanol–water partition coefficient (Wildman–Crippen LogP) is 1.20. The molecule has 1 aromatic rings. The third-order valence-corrected chi connectivity index (χ3v) is 2.76. The van der Waals surface area contributed by atoms with Crippen molar-refractivity contribution >= 4 is 24.0 Å². The van der Waals surface area contributed by atoms with E-state index < -0.39 is 0 Å². The smallest absolute Gasteiger partial charge is 0.246 e. The molecule has 1 saturated heterocycles. The minimum atomic E-state index is -0.321. The molecular weight excluding hydrogens is 259 g/mol. The maximum absolute atomic E-state index is 12.8. The van der Waals surface area contributed by atoms with Crippen molar-refractivity contribution in [3.63, 3.8) is 0 Å². The molecule has 2 rings (SSSR count). The quantitative estimate of drug-likeness (QED) is 0.881. The van der Waals surface area contributed by atoms with Gasteiger partial charge in [0, 0.05) is 19.3 Å². The lowest BCUT2D eigenvalue weighted by Crippen LogP contribution is -2.51. The molecule has 1 atom stereocenters. The van der Waals surface area contributed by atoms with Gasteiger partial charge in [0.15, 0.2) is 0 Å². The Morgan fingerprint density at radius 1 is 1.44 bits per heavy atom. The maximum Gasteiger partial charge on any atom is 0.246 e. The number of morpholine rings is 1. The normalized spacial score (nSPS) is 18.9. The highest BCUT2D eigenvalue weighted by Crippen LogP contribution is 2.14. The largest absolute Gasteiger partial charge is 0.378 e. The van der Waals surface area contributed by atoms with E-state index in [0.717, 1.165) is 0 Å². The number of ether oxygens (including phenoxy) is 1. The first kappa shape index (κ1) is 14.9. The van der Waals surface area contributed by atoms with E-state index in [1.165, 1.54) is 17.0 Å². The third kappa shape index (κ3) is 3.41. The molecule has 0 aromatic heterocycles. The first-order valence-electron chi connectivity index (χ1n) is 5.53. The van der Waals surface area contributed by atoms with Crippen LogP contribution in [0.5, 0.6) is 0 Å². The van der Waals surface area contributed by atoms with Crippen LogP contribution in [-0.4, -0.2) is 38.8 Å². The number of anilines is 1. The summed E-state index contributed by atoms with van der Waals surface area (Å²) < 4.78 is 18.0. The highest BCUT2D eigenvalue weighted by atomic mass is 35.5. The molecule has 1 aliphatic heterocycles. The minimum Gasteiger partial charge on any atom is -0.378 e. The number of amides is 1. The fourth-order valence-corrected chi connectivity index (χ4v) is 1.75. The third-order valence-electron chi connectivity index (χ3n) is 2.76.